The molecule has 0 amide bonds. The molecular formula is C16H22N4O. The first-order valence-electron chi connectivity index (χ1n) is 7.93. The zero-order valence-corrected chi connectivity index (χ0v) is 12.3. The number of rotatable bonds is 3. The minimum absolute atomic E-state index is 0.759. The van der Waals surface area contributed by atoms with Crippen LogP contribution in [0.5, 0.6) is 0 Å². The van der Waals surface area contributed by atoms with E-state index in [2.05, 4.69) is 26.1 Å². The second-order valence-electron chi connectivity index (χ2n) is 6.16. The zero-order valence-electron chi connectivity index (χ0n) is 12.3. The second kappa shape index (κ2) is 5.66. The van der Waals surface area contributed by atoms with Gasteiger partial charge in [-0.25, -0.2) is 0 Å². The van der Waals surface area contributed by atoms with E-state index < -0.39 is 0 Å². The van der Waals surface area contributed by atoms with Crippen LogP contribution in [0.15, 0.2) is 28.8 Å². The summed E-state index contributed by atoms with van der Waals surface area (Å²) < 4.78 is 5.94. The summed E-state index contributed by atoms with van der Waals surface area (Å²) in [5.74, 6) is 1.92. The van der Waals surface area contributed by atoms with E-state index in [4.69, 9.17) is 4.42 Å². The van der Waals surface area contributed by atoms with Gasteiger partial charge in [-0.1, -0.05) is 6.42 Å². The molecule has 112 valence electrons. The fraction of sp³-hybridized carbons (Fsp3) is 0.562. The molecule has 4 heterocycles. The van der Waals surface area contributed by atoms with E-state index in [9.17, 15) is 0 Å². The number of hydrogen-bond acceptors (Lipinski definition) is 4. The van der Waals surface area contributed by atoms with Crippen LogP contribution in [-0.4, -0.2) is 52.2 Å². The van der Waals surface area contributed by atoms with Gasteiger partial charge in [0.1, 0.15) is 11.5 Å². The summed E-state index contributed by atoms with van der Waals surface area (Å²) in [6.45, 7) is 5.75. The number of aromatic nitrogens is 2. The van der Waals surface area contributed by atoms with E-state index in [1.54, 1.807) is 6.20 Å². The Kier molecular flexibility index (Phi) is 3.53. The number of H-pyrrole nitrogens is 1. The van der Waals surface area contributed by atoms with Gasteiger partial charge in [-0.05, 0) is 37.6 Å². The van der Waals surface area contributed by atoms with Crippen LogP contribution < -0.4 is 0 Å². The average Bonchev–Trinajstić information content (AvgIpc) is 3.18. The largest absolute Gasteiger partial charge is 0.458 e. The molecule has 2 saturated heterocycles. The summed E-state index contributed by atoms with van der Waals surface area (Å²) in [5.41, 5.74) is 0.943. The van der Waals surface area contributed by atoms with Crippen LogP contribution in [0, 0.1) is 0 Å². The van der Waals surface area contributed by atoms with Gasteiger partial charge < -0.3 is 4.42 Å². The Bertz CT molecular complexity index is 577. The van der Waals surface area contributed by atoms with Gasteiger partial charge in [0.15, 0.2) is 5.76 Å². The molecule has 2 fully saturated rings. The molecule has 0 spiro atoms. The predicted octanol–water partition coefficient (Wildman–Crippen LogP) is 2.34. The van der Waals surface area contributed by atoms with Crippen LogP contribution in [0.2, 0.25) is 0 Å². The van der Waals surface area contributed by atoms with E-state index >= 15 is 0 Å². The van der Waals surface area contributed by atoms with Gasteiger partial charge >= 0.3 is 0 Å². The quantitative estimate of drug-likeness (QED) is 0.941. The van der Waals surface area contributed by atoms with E-state index in [0.29, 0.717) is 0 Å². The summed E-state index contributed by atoms with van der Waals surface area (Å²) in [5, 5.41) is 6.91. The monoisotopic (exact) mass is 286 g/mol. The Morgan fingerprint density at radius 1 is 1.19 bits per heavy atom. The summed E-state index contributed by atoms with van der Waals surface area (Å²) in [6.07, 6.45) is 5.87. The Morgan fingerprint density at radius 3 is 3.10 bits per heavy atom. The van der Waals surface area contributed by atoms with Crippen molar-refractivity contribution in [3.63, 3.8) is 0 Å². The maximum Gasteiger partial charge on any atom is 0.152 e. The third-order valence-corrected chi connectivity index (χ3v) is 4.73. The van der Waals surface area contributed by atoms with E-state index in [0.717, 1.165) is 36.3 Å². The molecule has 1 unspecified atom stereocenters. The lowest BCUT2D eigenvalue weighted by atomic mass is 9.99. The SMILES string of the molecule is c1cc(-c2ccc(CN3CCN4CCCCC4C3)o2)[nH]n1. The van der Waals surface area contributed by atoms with Crippen molar-refractivity contribution < 1.29 is 4.42 Å². The molecular weight excluding hydrogens is 264 g/mol. The molecule has 0 bridgehead atoms. The molecule has 5 nitrogen and oxygen atoms in total. The normalized spacial score (nSPS) is 24.1. The lowest BCUT2D eigenvalue weighted by molar-refractivity contribution is 0.0427. The molecule has 0 saturated carbocycles. The Labute approximate surface area is 124 Å². The van der Waals surface area contributed by atoms with Crippen molar-refractivity contribution in [3.05, 3.63) is 30.2 Å². The van der Waals surface area contributed by atoms with Crippen LogP contribution in [0.3, 0.4) is 0 Å². The molecule has 2 aromatic heterocycles. The smallest absolute Gasteiger partial charge is 0.152 e. The highest BCUT2D eigenvalue weighted by Gasteiger charge is 2.29. The zero-order chi connectivity index (χ0) is 14.1. The van der Waals surface area contributed by atoms with Gasteiger partial charge in [-0.3, -0.25) is 14.9 Å². The maximum absolute atomic E-state index is 5.94. The van der Waals surface area contributed by atoms with Crippen molar-refractivity contribution >= 4 is 0 Å². The predicted molar refractivity (Wildman–Crippen MR) is 80.8 cm³/mol. The third-order valence-electron chi connectivity index (χ3n) is 4.73. The van der Waals surface area contributed by atoms with Gasteiger partial charge in [0.25, 0.3) is 0 Å². The van der Waals surface area contributed by atoms with Crippen molar-refractivity contribution in [2.75, 3.05) is 26.2 Å². The fourth-order valence-corrected chi connectivity index (χ4v) is 3.59. The second-order valence-corrected chi connectivity index (χ2v) is 6.16. The molecule has 0 aromatic carbocycles. The summed E-state index contributed by atoms with van der Waals surface area (Å²) in [4.78, 5) is 5.19. The first kappa shape index (κ1) is 13.1. The number of piperazine rings is 1. The molecule has 0 aliphatic carbocycles. The Morgan fingerprint density at radius 2 is 2.19 bits per heavy atom. The molecule has 0 radical (unpaired) electrons. The molecule has 5 heteroatoms. The first-order chi connectivity index (χ1) is 10.4. The minimum atomic E-state index is 0.759. The molecule has 1 atom stereocenters. The highest BCUT2D eigenvalue weighted by atomic mass is 16.3. The number of fused-ring (bicyclic) bond motifs is 1. The van der Waals surface area contributed by atoms with E-state index in [1.807, 2.05) is 12.1 Å². The third kappa shape index (κ3) is 2.76. The lowest BCUT2D eigenvalue weighted by Crippen LogP contribution is -2.54. The summed E-state index contributed by atoms with van der Waals surface area (Å²) in [6, 6.07) is 6.81. The maximum atomic E-state index is 5.94. The molecule has 2 aliphatic heterocycles. The van der Waals surface area contributed by atoms with Crippen molar-refractivity contribution in [2.24, 2.45) is 0 Å². The standard InChI is InChI=1S/C16H22N4O/c1-2-8-20-10-9-19(11-13(20)3-1)12-14-4-5-16(21-14)15-6-7-17-18-15/h4-7,13H,1-3,8-12H2,(H,17,18). The highest BCUT2D eigenvalue weighted by molar-refractivity contribution is 5.51. The van der Waals surface area contributed by atoms with Gasteiger partial charge in [-0.15, -0.1) is 0 Å². The number of piperidine rings is 1. The van der Waals surface area contributed by atoms with Crippen LogP contribution in [0.1, 0.15) is 25.0 Å². The summed E-state index contributed by atoms with van der Waals surface area (Å²) in [7, 11) is 0. The van der Waals surface area contributed by atoms with Gasteiger partial charge in [0, 0.05) is 31.9 Å². The van der Waals surface area contributed by atoms with Crippen molar-refractivity contribution in [1.82, 2.24) is 20.0 Å². The van der Waals surface area contributed by atoms with Gasteiger partial charge in [0.2, 0.25) is 0 Å². The van der Waals surface area contributed by atoms with Crippen molar-refractivity contribution in [1.29, 1.82) is 0 Å². The Hall–Kier alpha value is -1.59. The molecule has 1 N–H and O–H groups in total. The number of hydrogen-bond donors (Lipinski definition) is 1. The van der Waals surface area contributed by atoms with E-state index in [-0.39, 0.29) is 0 Å². The topological polar surface area (TPSA) is 48.3 Å². The van der Waals surface area contributed by atoms with Crippen molar-refractivity contribution in [3.8, 4) is 11.5 Å². The highest BCUT2D eigenvalue weighted by Crippen LogP contribution is 2.24. The molecule has 2 aromatic rings. The van der Waals surface area contributed by atoms with Crippen molar-refractivity contribution in [2.45, 2.75) is 31.8 Å². The number of nitrogens with one attached hydrogen (secondary N) is 1. The van der Waals surface area contributed by atoms with Crippen LogP contribution in [0.25, 0.3) is 11.5 Å². The number of furan rings is 1. The van der Waals surface area contributed by atoms with Crippen LogP contribution in [-0.2, 0) is 6.54 Å². The first-order valence-corrected chi connectivity index (χ1v) is 7.93. The lowest BCUT2D eigenvalue weighted by Gasteiger charge is -2.43. The average molecular weight is 286 g/mol. The number of aromatic amines is 1. The molecule has 4 rings (SSSR count). The Balaban J connectivity index is 1.40. The van der Waals surface area contributed by atoms with E-state index in [1.165, 1.54) is 38.9 Å². The van der Waals surface area contributed by atoms with Crippen LogP contribution >= 0.6 is 0 Å². The number of nitrogens with zero attached hydrogens (tertiary/aromatic N) is 3. The molecule has 2 aliphatic rings. The fourth-order valence-electron chi connectivity index (χ4n) is 3.59. The van der Waals surface area contributed by atoms with Gasteiger partial charge in [0.05, 0.1) is 6.54 Å². The minimum Gasteiger partial charge on any atom is -0.458 e. The summed E-state index contributed by atoms with van der Waals surface area (Å²) >= 11 is 0. The van der Waals surface area contributed by atoms with Gasteiger partial charge in [-0.2, -0.15) is 5.10 Å². The molecule has 21 heavy (non-hydrogen) atoms. The van der Waals surface area contributed by atoms with Crippen LogP contribution in [0.4, 0.5) is 0 Å².